The van der Waals surface area contributed by atoms with Crippen molar-refractivity contribution in [3.63, 3.8) is 0 Å². The molecule has 0 aliphatic rings. The third-order valence-electron chi connectivity index (χ3n) is 2.94. The average Bonchev–Trinajstić information content (AvgIpc) is 2.36. The first-order valence-electron chi connectivity index (χ1n) is 5.86. The van der Waals surface area contributed by atoms with Gasteiger partial charge in [0, 0.05) is 43.9 Å². The van der Waals surface area contributed by atoms with E-state index in [1.807, 2.05) is 50.3 Å². The van der Waals surface area contributed by atoms with Crippen molar-refractivity contribution in [2.75, 3.05) is 19.0 Å². The fraction of sp³-hybridized carbons (Fsp3) is 0.286. The Hall–Kier alpha value is -2.10. The average molecular weight is 243 g/mol. The molecular weight excluding hydrogens is 226 g/mol. The Balaban J connectivity index is 2.37. The minimum absolute atomic E-state index is 0.0463. The zero-order valence-electron chi connectivity index (χ0n) is 10.9. The molecule has 94 valence electrons. The molecule has 0 spiro atoms. The van der Waals surface area contributed by atoms with Crippen molar-refractivity contribution in [3.05, 3.63) is 58.3 Å². The molecule has 0 aromatic carbocycles. The van der Waals surface area contributed by atoms with Crippen LogP contribution >= 0.6 is 0 Å². The first-order chi connectivity index (χ1) is 8.59. The van der Waals surface area contributed by atoms with Crippen LogP contribution in [-0.4, -0.2) is 23.6 Å². The van der Waals surface area contributed by atoms with Gasteiger partial charge in [-0.2, -0.15) is 0 Å². The highest BCUT2D eigenvalue weighted by Gasteiger charge is 2.07. The van der Waals surface area contributed by atoms with Crippen LogP contribution in [0.2, 0.25) is 0 Å². The van der Waals surface area contributed by atoms with E-state index in [4.69, 9.17) is 0 Å². The first kappa shape index (κ1) is 12.4. The Bertz CT molecular complexity index is 588. The van der Waals surface area contributed by atoms with Crippen molar-refractivity contribution >= 4 is 5.69 Å². The van der Waals surface area contributed by atoms with Gasteiger partial charge in [0.15, 0.2) is 0 Å². The third kappa shape index (κ3) is 2.42. The predicted octanol–water partition coefficient (Wildman–Crippen LogP) is 1.67. The van der Waals surface area contributed by atoms with Crippen LogP contribution in [-0.2, 0) is 6.54 Å². The van der Waals surface area contributed by atoms with E-state index in [1.54, 1.807) is 17.0 Å². The van der Waals surface area contributed by atoms with E-state index in [0.29, 0.717) is 6.54 Å². The lowest BCUT2D eigenvalue weighted by molar-refractivity contribution is 0.748. The molecule has 0 saturated heterocycles. The first-order valence-corrected chi connectivity index (χ1v) is 5.86. The zero-order chi connectivity index (χ0) is 13.1. The second-order valence-corrected chi connectivity index (χ2v) is 4.51. The molecule has 0 unspecified atom stereocenters. The number of hydrogen-bond acceptors (Lipinski definition) is 3. The monoisotopic (exact) mass is 243 g/mol. The fourth-order valence-corrected chi connectivity index (χ4v) is 1.98. The molecule has 4 heteroatoms. The zero-order valence-corrected chi connectivity index (χ0v) is 10.9. The quantitative estimate of drug-likeness (QED) is 0.823. The third-order valence-corrected chi connectivity index (χ3v) is 2.94. The summed E-state index contributed by atoms with van der Waals surface area (Å²) < 4.78 is 1.71. The molecule has 2 heterocycles. The van der Waals surface area contributed by atoms with Crippen molar-refractivity contribution in [1.29, 1.82) is 0 Å². The van der Waals surface area contributed by atoms with Gasteiger partial charge >= 0.3 is 0 Å². The molecule has 0 saturated carbocycles. The molecule has 0 N–H and O–H groups in total. The molecule has 0 aliphatic carbocycles. The lowest BCUT2D eigenvalue weighted by atomic mass is 10.2. The van der Waals surface area contributed by atoms with Crippen LogP contribution in [0.4, 0.5) is 5.69 Å². The van der Waals surface area contributed by atoms with Gasteiger partial charge in [-0.25, -0.2) is 0 Å². The summed E-state index contributed by atoms with van der Waals surface area (Å²) in [6, 6.07) is 5.81. The molecule has 0 bridgehead atoms. The van der Waals surface area contributed by atoms with Gasteiger partial charge in [-0.05, 0) is 24.6 Å². The standard InChI is InChI=1S/C14H17N3O/c1-11-13(16(2)3)6-8-17(14(11)18)10-12-5-4-7-15-9-12/h4-9H,10H2,1-3H3. The number of aromatic nitrogens is 2. The summed E-state index contributed by atoms with van der Waals surface area (Å²) in [5.41, 5.74) is 2.80. The summed E-state index contributed by atoms with van der Waals surface area (Å²) in [6.45, 7) is 2.42. The van der Waals surface area contributed by atoms with E-state index in [2.05, 4.69) is 4.98 Å². The summed E-state index contributed by atoms with van der Waals surface area (Å²) in [5, 5.41) is 0. The number of rotatable bonds is 3. The second-order valence-electron chi connectivity index (χ2n) is 4.51. The lowest BCUT2D eigenvalue weighted by Crippen LogP contribution is -2.25. The summed E-state index contributed by atoms with van der Waals surface area (Å²) in [7, 11) is 3.88. The Morgan fingerprint density at radius 2 is 2.11 bits per heavy atom. The van der Waals surface area contributed by atoms with Gasteiger partial charge in [-0.1, -0.05) is 6.07 Å². The van der Waals surface area contributed by atoms with Crippen molar-refractivity contribution < 1.29 is 0 Å². The van der Waals surface area contributed by atoms with Gasteiger partial charge in [0.05, 0.1) is 6.54 Å². The van der Waals surface area contributed by atoms with Gasteiger partial charge in [-0.3, -0.25) is 9.78 Å². The molecule has 18 heavy (non-hydrogen) atoms. The summed E-state index contributed by atoms with van der Waals surface area (Å²) in [4.78, 5) is 18.2. The van der Waals surface area contributed by atoms with Crippen LogP contribution in [0.25, 0.3) is 0 Å². The molecular formula is C14H17N3O. The normalized spacial score (nSPS) is 10.4. The van der Waals surface area contributed by atoms with E-state index in [-0.39, 0.29) is 5.56 Å². The molecule has 2 aromatic heterocycles. The van der Waals surface area contributed by atoms with Crippen LogP contribution in [0.3, 0.4) is 0 Å². The number of anilines is 1. The van der Waals surface area contributed by atoms with E-state index in [1.165, 1.54) is 0 Å². The fourth-order valence-electron chi connectivity index (χ4n) is 1.98. The highest BCUT2D eigenvalue weighted by molar-refractivity contribution is 5.50. The van der Waals surface area contributed by atoms with Crippen LogP contribution in [0.5, 0.6) is 0 Å². The minimum atomic E-state index is 0.0463. The van der Waals surface area contributed by atoms with Gasteiger partial charge in [-0.15, -0.1) is 0 Å². The maximum Gasteiger partial charge on any atom is 0.255 e. The largest absolute Gasteiger partial charge is 0.377 e. The molecule has 2 rings (SSSR count). The number of nitrogens with zero attached hydrogens (tertiary/aromatic N) is 3. The Morgan fingerprint density at radius 1 is 1.33 bits per heavy atom. The maximum absolute atomic E-state index is 12.2. The van der Waals surface area contributed by atoms with Crippen LogP contribution in [0.1, 0.15) is 11.1 Å². The van der Waals surface area contributed by atoms with Gasteiger partial charge in [0.1, 0.15) is 0 Å². The van der Waals surface area contributed by atoms with Gasteiger partial charge in [0.2, 0.25) is 0 Å². The Labute approximate surface area is 107 Å². The topological polar surface area (TPSA) is 38.1 Å². The van der Waals surface area contributed by atoms with Crippen molar-refractivity contribution in [1.82, 2.24) is 9.55 Å². The molecule has 0 fully saturated rings. The van der Waals surface area contributed by atoms with Gasteiger partial charge in [0.25, 0.3) is 5.56 Å². The molecule has 0 aliphatic heterocycles. The highest BCUT2D eigenvalue weighted by Crippen LogP contribution is 2.13. The Kier molecular flexibility index (Phi) is 3.46. The molecule has 0 atom stereocenters. The molecule has 0 radical (unpaired) electrons. The van der Waals surface area contributed by atoms with Crippen molar-refractivity contribution in [2.45, 2.75) is 13.5 Å². The Morgan fingerprint density at radius 3 is 2.72 bits per heavy atom. The van der Waals surface area contributed by atoms with Crippen LogP contribution < -0.4 is 10.5 Å². The lowest BCUT2D eigenvalue weighted by Gasteiger charge is -2.16. The highest BCUT2D eigenvalue weighted by atomic mass is 16.1. The van der Waals surface area contributed by atoms with Crippen LogP contribution in [0.15, 0.2) is 41.6 Å². The molecule has 0 amide bonds. The summed E-state index contributed by atoms with van der Waals surface area (Å²) in [6.07, 6.45) is 5.34. The minimum Gasteiger partial charge on any atom is -0.377 e. The smallest absolute Gasteiger partial charge is 0.255 e. The second kappa shape index (κ2) is 5.04. The van der Waals surface area contributed by atoms with Gasteiger partial charge < -0.3 is 9.47 Å². The molecule has 2 aromatic rings. The predicted molar refractivity (Wildman–Crippen MR) is 73.1 cm³/mol. The van der Waals surface area contributed by atoms with Crippen molar-refractivity contribution in [3.8, 4) is 0 Å². The van der Waals surface area contributed by atoms with Crippen LogP contribution in [0, 0.1) is 6.92 Å². The van der Waals surface area contributed by atoms with E-state index in [9.17, 15) is 4.79 Å². The van der Waals surface area contributed by atoms with E-state index < -0.39 is 0 Å². The van der Waals surface area contributed by atoms with E-state index >= 15 is 0 Å². The maximum atomic E-state index is 12.2. The van der Waals surface area contributed by atoms with E-state index in [0.717, 1.165) is 16.8 Å². The summed E-state index contributed by atoms with van der Waals surface area (Å²) in [5.74, 6) is 0. The molecule has 4 nitrogen and oxygen atoms in total. The number of hydrogen-bond donors (Lipinski definition) is 0. The van der Waals surface area contributed by atoms with Crippen molar-refractivity contribution in [2.24, 2.45) is 0 Å². The number of pyridine rings is 2. The summed E-state index contributed by atoms with van der Waals surface area (Å²) >= 11 is 0. The SMILES string of the molecule is Cc1c(N(C)C)ccn(Cc2cccnc2)c1=O.